The van der Waals surface area contributed by atoms with Crippen molar-refractivity contribution in [2.75, 3.05) is 0 Å². The van der Waals surface area contributed by atoms with Crippen LogP contribution in [0.15, 0.2) is 61.2 Å². The Kier molecular flexibility index (Phi) is 7.00. The van der Waals surface area contributed by atoms with Crippen LogP contribution in [-0.4, -0.2) is 30.7 Å². The lowest BCUT2D eigenvalue weighted by molar-refractivity contribution is -0.143. The van der Waals surface area contributed by atoms with Crippen LogP contribution in [0.3, 0.4) is 0 Å². The fourth-order valence-corrected chi connectivity index (χ4v) is 3.50. The topological polar surface area (TPSA) is 73.6 Å². The van der Waals surface area contributed by atoms with Crippen LogP contribution in [0.1, 0.15) is 32.7 Å². The van der Waals surface area contributed by atoms with Crippen molar-refractivity contribution in [3.63, 3.8) is 0 Å². The number of aromatic nitrogens is 5. The molecule has 0 unspecified atom stereocenters. The van der Waals surface area contributed by atoms with E-state index >= 15 is 0 Å². The average molecular weight is 536 g/mol. The van der Waals surface area contributed by atoms with Crippen molar-refractivity contribution < 1.29 is 31.1 Å². The van der Waals surface area contributed by atoms with E-state index in [1.165, 1.54) is 18.7 Å². The largest absolute Gasteiger partial charge is 0.416 e. The molecule has 188 valence electrons. The van der Waals surface area contributed by atoms with Gasteiger partial charge in [-0.15, -0.1) is 5.10 Å². The molecule has 13 heteroatoms. The highest BCUT2D eigenvalue weighted by Crippen LogP contribution is 2.36. The normalized spacial score (nSPS) is 11.6. The van der Waals surface area contributed by atoms with Crippen LogP contribution in [0.4, 0.5) is 26.3 Å². The van der Waals surface area contributed by atoms with E-state index in [4.69, 9.17) is 11.6 Å². The lowest BCUT2D eigenvalue weighted by Gasteiger charge is -2.15. The summed E-state index contributed by atoms with van der Waals surface area (Å²) in [6.07, 6.45) is -6.28. The maximum atomic E-state index is 13.3. The zero-order valence-electron chi connectivity index (χ0n) is 18.3. The molecule has 2 aromatic heterocycles. The third-order valence-corrected chi connectivity index (χ3v) is 5.28. The van der Waals surface area contributed by atoms with Gasteiger partial charge in [0.25, 0.3) is 5.78 Å². The maximum absolute atomic E-state index is 13.3. The number of halogens is 7. The first-order valence-corrected chi connectivity index (χ1v) is 10.6. The van der Waals surface area contributed by atoms with Crippen molar-refractivity contribution >= 4 is 17.4 Å². The van der Waals surface area contributed by atoms with E-state index in [9.17, 15) is 31.1 Å². The Hall–Kier alpha value is -4.24. The summed E-state index contributed by atoms with van der Waals surface area (Å²) in [7, 11) is 0. The van der Waals surface area contributed by atoms with Gasteiger partial charge in [0.1, 0.15) is 12.0 Å². The van der Waals surface area contributed by atoms with Gasteiger partial charge in [0.05, 0.1) is 22.7 Å². The molecule has 4 rings (SSSR count). The fourth-order valence-electron chi connectivity index (χ4n) is 3.31. The molecule has 0 aliphatic carbocycles. The van der Waals surface area contributed by atoms with Crippen molar-refractivity contribution in [1.82, 2.24) is 25.0 Å². The van der Waals surface area contributed by atoms with Gasteiger partial charge in [-0.05, 0) is 41.8 Å². The van der Waals surface area contributed by atoms with E-state index < -0.39 is 35.8 Å². The van der Waals surface area contributed by atoms with Gasteiger partial charge in [0.15, 0.2) is 5.69 Å². The third-order valence-electron chi connectivity index (χ3n) is 4.95. The second kappa shape index (κ2) is 10.0. The van der Waals surface area contributed by atoms with Gasteiger partial charge < -0.3 is 0 Å². The van der Waals surface area contributed by atoms with Crippen LogP contribution >= 0.6 is 11.6 Å². The van der Waals surface area contributed by atoms with E-state index in [0.717, 1.165) is 4.68 Å². The molecule has 0 saturated heterocycles. The van der Waals surface area contributed by atoms with Crippen molar-refractivity contribution in [3.05, 3.63) is 94.2 Å². The van der Waals surface area contributed by atoms with Crippen molar-refractivity contribution in [1.29, 1.82) is 0 Å². The summed E-state index contributed by atoms with van der Waals surface area (Å²) in [5, 5.41) is 7.89. The number of hydrogen-bond acceptors (Lipinski definition) is 5. The molecule has 2 heterocycles. The molecule has 0 radical (unpaired) electrons. The first-order valence-electron chi connectivity index (χ1n) is 10.2. The molecular weight excluding hydrogens is 524 g/mol. The van der Waals surface area contributed by atoms with Crippen LogP contribution in [0, 0.1) is 11.8 Å². The standard InChI is InChI=1S/C24H12ClF6N5O/c25-19-4-2-1-3-15(19)5-6-20(37)21-22(16-10-32-13-33-11-16)36(35-34-21)12-14-7-17(23(26,27)28)9-18(8-14)24(29,30)31/h1-4,7-11,13H,12H2. The number of hydrogen-bond donors (Lipinski definition) is 0. The van der Waals surface area contributed by atoms with Crippen LogP contribution in [0.25, 0.3) is 11.3 Å². The van der Waals surface area contributed by atoms with E-state index in [1.807, 2.05) is 0 Å². The zero-order chi connectivity index (χ0) is 26.8. The molecule has 6 nitrogen and oxygen atoms in total. The van der Waals surface area contributed by atoms with Crippen LogP contribution in [0.5, 0.6) is 0 Å². The number of nitrogens with zero attached hydrogens (tertiary/aromatic N) is 5. The first-order chi connectivity index (χ1) is 17.4. The highest BCUT2D eigenvalue weighted by Gasteiger charge is 2.37. The van der Waals surface area contributed by atoms with E-state index in [-0.39, 0.29) is 28.6 Å². The SMILES string of the molecule is O=C(C#Cc1ccccc1Cl)c1nnn(Cc2cc(C(F)(F)F)cc(C(F)(F)F)c2)c1-c1cncnc1. The van der Waals surface area contributed by atoms with E-state index in [0.29, 0.717) is 22.7 Å². The number of carbonyl (C=O) groups is 1. The predicted octanol–water partition coefficient (Wildman–Crippen LogP) is 5.71. The molecular formula is C24H12ClF6N5O. The maximum Gasteiger partial charge on any atom is 0.416 e. The third kappa shape index (κ3) is 5.95. The quantitative estimate of drug-likeness (QED) is 0.190. The van der Waals surface area contributed by atoms with Gasteiger partial charge in [-0.25, -0.2) is 14.6 Å². The van der Waals surface area contributed by atoms with Crippen LogP contribution in [0.2, 0.25) is 5.02 Å². The molecule has 0 saturated carbocycles. The minimum atomic E-state index is -5.02. The first kappa shape index (κ1) is 25.8. The summed E-state index contributed by atoms with van der Waals surface area (Å²) in [5.41, 5.74) is -3.11. The average Bonchev–Trinajstić information content (AvgIpc) is 3.26. The van der Waals surface area contributed by atoms with Crippen molar-refractivity contribution in [2.24, 2.45) is 0 Å². The van der Waals surface area contributed by atoms with Gasteiger partial charge in [0, 0.05) is 23.5 Å². The van der Waals surface area contributed by atoms with E-state index in [1.54, 1.807) is 24.3 Å². The Morgan fingerprint density at radius 3 is 2.16 bits per heavy atom. The summed E-state index contributed by atoms with van der Waals surface area (Å²) in [6, 6.07) is 7.65. The highest BCUT2D eigenvalue weighted by molar-refractivity contribution is 6.31. The molecule has 0 aliphatic heterocycles. The van der Waals surface area contributed by atoms with Crippen molar-refractivity contribution in [3.8, 4) is 23.1 Å². The smallest absolute Gasteiger partial charge is 0.277 e. The fraction of sp³-hybridized carbons (Fsp3) is 0.125. The highest BCUT2D eigenvalue weighted by atomic mass is 35.5. The molecule has 0 atom stereocenters. The molecule has 0 fully saturated rings. The minimum Gasteiger partial charge on any atom is -0.277 e. The summed E-state index contributed by atoms with van der Waals surface area (Å²) in [6.45, 7) is -0.574. The lowest BCUT2D eigenvalue weighted by atomic mass is 10.0. The number of benzene rings is 2. The Balaban J connectivity index is 1.79. The monoisotopic (exact) mass is 535 g/mol. The Morgan fingerprint density at radius 2 is 1.57 bits per heavy atom. The molecule has 0 N–H and O–H groups in total. The molecule has 0 spiro atoms. The minimum absolute atomic E-state index is 0.0239. The van der Waals surface area contributed by atoms with Crippen LogP contribution < -0.4 is 0 Å². The Morgan fingerprint density at radius 1 is 0.946 bits per heavy atom. The predicted molar refractivity (Wildman–Crippen MR) is 119 cm³/mol. The lowest BCUT2D eigenvalue weighted by Crippen LogP contribution is -2.13. The number of alkyl halides is 6. The number of Topliss-reactive ketones (excluding diaryl/α,β-unsaturated/α-hetero) is 1. The number of rotatable bonds is 4. The molecule has 37 heavy (non-hydrogen) atoms. The zero-order valence-corrected chi connectivity index (χ0v) is 19.0. The summed E-state index contributed by atoms with van der Waals surface area (Å²) < 4.78 is 80.8. The second-order valence-corrected chi connectivity index (χ2v) is 7.95. The van der Waals surface area contributed by atoms with Crippen molar-refractivity contribution in [2.45, 2.75) is 18.9 Å². The van der Waals surface area contributed by atoms with E-state index in [2.05, 4.69) is 32.1 Å². The number of carbonyl (C=O) groups excluding carboxylic acids is 1. The van der Waals surface area contributed by atoms with Crippen LogP contribution in [-0.2, 0) is 18.9 Å². The van der Waals surface area contributed by atoms with Gasteiger partial charge in [-0.3, -0.25) is 4.79 Å². The summed E-state index contributed by atoms with van der Waals surface area (Å²) >= 11 is 6.04. The van der Waals surface area contributed by atoms with Gasteiger partial charge in [-0.2, -0.15) is 26.3 Å². The Bertz CT molecular complexity index is 1490. The molecule has 0 bridgehead atoms. The van der Waals surface area contributed by atoms with Gasteiger partial charge in [0.2, 0.25) is 0 Å². The second-order valence-electron chi connectivity index (χ2n) is 7.54. The molecule has 0 aliphatic rings. The Labute approximate surface area is 209 Å². The summed E-state index contributed by atoms with van der Waals surface area (Å²) in [4.78, 5) is 20.6. The molecule has 2 aromatic carbocycles. The van der Waals surface area contributed by atoms with Gasteiger partial charge >= 0.3 is 12.4 Å². The van der Waals surface area contributed by atoms with Gasteiger partial charge in [-0.1, -0.05) is 34.9 Å². The summed E-state index contributed by atoms with van der Waals surface area (Å²) in [5.74, 6) is 4.17. The number of ketones is 1. The molecule has 4 aromatic rings. The molecule has 0 amide bonds.